The first-order chi connectivity index (χ1) is 6.59. The molecule has 6 heteroatoms. The molecule has 14 heavy (non-hydrogen) atoms. The average molecular weight is 252 g/mol. The molecule has 1 aromatic rings. The number of benzene rings is 1. The van der Waals surface area contributed by atoms with E-state index in [0.717, 1.165) is 0 Å². The van der Waals surface area contributed by atoms with Gasteiger partial charge in [0.15, 0.2) is 0 Å². The van der Waals surface area contributed by atoms with Crippen LogP contribution in [0.5, 0.6) is 0 Å². The van der Waals surface area contributed by atoms with Gasteiger partial charge in [0.25, 0.3) is 5.24 Å². The third-order valence-electron chi connectivity index (χ3n) is 1.29. The minimum atomic E-state index is -0.812. The molecule has 74 valence electrons. The van der Waals surface area contributed by atoms with E-state index in [0.29, 0.717) is 10.7 Å². The molecular weight excluding hydrogens is 246 g/mol. The average Bonchev–Trinajstić information content (AvgIpc) is 2.16. The van der Waals surface area contributed by atoms with Gasteiger partial charge in [0, 0.05) is 5.02 Å². The number of carbonyl (C=O) groups excluding carboxylic acids is 1. The van der Waals surface area contributed by atoms with Gasteiger partial charge in [-0.05, 0) is 35.9 Å². The van der Waals surface area contributed by atoms with Crippen molar-refractivity contribution < 1.29 is 4.79 Å². The zero-order valence-corrected chi connectivity index (χ0v) is 9.07. The number of anilines is 1. The second-order valence-corrected chi connectivity index (χ2v) is 3.43. The summed E-state index contributed by atoms with van der Waals surface area (Å²) in [6.07, 6.45) is 0. The molecule has 0 aliphatic carbocycles. The number of nitrogens with one attached hydrogen (secondary N) is 1. The first-order valence-corrected chi connectivity index (χ1v) is 4.67. The molecule has 1 N–H and O–H groups in total. The lowest BCUT2D eigenvalue weighted by Crippen LogP contribution is -2.01. The minimum Gasteiger partial charge on any atom is -0.277 e. The predicted octanol–water partition coefficient (Wildman–Crippen LogP) is 3.07. The van der Waals surface area contributed by atoms with Gasteiger partial charge in [-0.1, -0.05) is 23.2 Å². The number of halogens is 3. The number of nitrogens with zero attached hydrogens (tertiary/aromatic N) is 1. The molecule has 0 heterocycles. The van der Waals surface area contributed by atoms with Gasteiger partial charge in [0.05, 0.1) is 5.69 Å². The van der Waals surface area contributed by atoms with Crippen molar-refractivity contribution in [1.29, 1.82) is 0 Å². The van der Waals surface area contributed by atoms with Crippen LogP contribution in [0.4, 0.5) is 5.69 Å². The topological polar surface area (TPSA) is 41.5 Å². The summed E-state index contributed by atoms with van der Waals surface area (Å²) in [4.78, 5) is 10.5. The van der Waals surface area contributed by atoms with Gasteiger partial charge in [-0.2, -0.15) is 5.10 Å². The van der Waals surface area contributed by atoms with Crippen LogP contribution in [0, 0.1) is 0 Å². The van der Waals surface area contributed by atoms with E-state index in [1.54, 1.807) is 24.3 Å². The monoisotopic (exact) mass is 250 g/mol. The molecule has 0 aliphatic rings. The van der Waals surface area contributed by atoms with Crippen molar-refractivity contribution in [3.8, 4) is 0 Å². The second kappa shape index (κ2) is 5.20. The number of rotatable bonds is 3. The lowest BCUT2D eigenvalue weighted by atomic mass is 10.3. The Balaban J connectivity index is 2.66. The van der Waals surface area contributed by atoms with Crippen molar-refractivity contribution >= 4 is 50.9 Å². The molecule has 0 aliphatic heterocycles. The zero-order valence-electron chi connectivity index (χ0n) is 6.80. The Bertz CT molecular complexity index is 361. The normalized spacial score (nSPS) is 11.2. The van der Waals surface area contributed by atoms with E-state index < -0.39 is 5.24 Å². The van der Waals surface area contributed by atoms with Crippen molar-refractivity contribution in [2.24, 2.45) is 5.10 Å². The van der Waals surface area contributed by atoms with Crippen LogP contribution in [0.15, 0.2) is 29.4 Å². The van der Waals surface area contributed by atoms with Crippen LogP contribution >= 0.6 is 34.8 Å². The molecular formula is C8H5Cl3N2O. The van der Waals surface area contributed by atoms with Gasteiger partial charge >= 0.3 is 0 Å². The number of hydrogen-bond acceptors (Lipinski definition) is 3. The molecule has 0 spiro atoms. The molecule has 1 rings (SSSR count). The maximum Gasteiger partial charge on any atom is 0.284 e. The number of hydrogen-bond donors (Lipinski definition) is 1. The highest BCUT2D eigenvalue weighted by molar-refractivity contribution is 6.99. The smallest absolute Gasteiger partial charge is 0.277 e. The van der Waals surface area contributed by atoms with E-state index >= 15 is 0 Å². The lowest BCUT2D eigenvalue weighted by Gasteiger charge is -1.99. The first-order valence-electron chi connectivity index (χ1n) is 3.54. The first kappa shape index (κ1) is 11.3. The molecule has 3 nitrogen and oxygen atoms in total. The summed E-state index contributed by atoms with van der Waals surface area (Å²) in [6.45, 7) is 0. The second-order valence-electron chi connectivity index (χ2n) is 2.30. The highest BCUT2D eigenvalue weighted by Gasteiger charge is 2.02. The molecule has 0 fully saturated rings. The summed E-state index contributed by atoms with van der Waals surface area (Å²) >= 11 is 16.1. The van der Waals surface area contributed by atoms with Gasteiger partial charge in [-0.25, -0.2) is 0 Å². The summed E-state index contributed by atoms with van der Waals surface area (Å²) < 4.78 is 0. The van der Waals surface area contributed by atoms with Gasteiger partial charge in [0.1, 0.15) is 0 Å². The van der Waals surface area contributed by atoms with Crippen LogP contribution in [0.1, 0.15) is 0 Å². The molecule has 0 atom stereocenters. The van der Waals surface area contributed by atoms with Gasteiger partial charge in [0.2, 0.25) is 5.17 Å². The molecule has 0 saturated heterocycles. The molecule has 0 aromatic heterocycles. The Hall–Kier alpha value is -0.770. The van der Waals surface area contributed by atoms with E-state index in [-0.39, 0.29) is 5.17 Å². The van der Waals surface area contributed by atoms with E-state index in [9.17, 15) is 4.79 Å². The third-order valence-corrected chi connectivity index (χ3v) is 2.07. The summed E-state index contributed by atoms with van der Waals surface area (Å²) in [5, 5.41) is 3.01. The van der Waals surface area contributed by atoms with Crippen LogP contribution in [0.3, 0.4) is 0 Å². The standard InChI is InChI=1S/C8H5Cl3N2O/c9-5-1-3-6(4-2-5)12-13-7(10)8(11)14/h1-4,12H/b13-7+. The Morgan fingerprint density at radius 2 is 1.79 bits per heavy atom. The largest absolute Gasteiger partial charge is 0.284 e. The third kappa shape index (κ3) is 3.54. The molecule has 0 saturated carbocycles. The fraction of sp³-hybridized carbons (Fsp3) is 0. The van der Waals surface area contributed by atoms with Crippen LogP contribution in [-0.4, -0.2) is 10.4 Å². The summed E-state index contributed by atoms with van der Waals surface area (Å²) in [5.41, 5.74) is 3.20. The van der Waals surface area contributed by atoms with Gasteiger partial charge < -0.3 is 0 Å². The highest BCUT2D eigenvalue weighted by atomic mass is 35.5. The highest BCUT2D eigenvalue weighted by Crippen LogP contribution is 2.13. The summed E-state index contributed by atoms with van der Waals surface area (Å²) in [7, 11) is 0. The number of hydrazone groups is 1. The molecule has 0 amide bonds. The Labute approximate surface area is 95.6 Å². The summed E-state index contributed by atoms with van der Waals surface area (Å²) in [5.74, 6) is 0. The van der Waals surface area contributed by atoms with Crippen LogP contribution in [-0.2, 0) is 4.79 Å². The Morgan fingerprint density at radius 3 is 2.29 bits per heavy atom. The Morgan fingerprint density at radius 1 is 1.21 bits per heavy atom. The molecule has 0 unspecified atom stereocenters. The maximum absolute atomic E-state index is 10.5. The zero-order chi connectivity index (χ0) is 10.6. The molecule has 1 aromatic carbocycles. The van der Waals surface area contributed by atoms with Crippen LogP contribution < -0.4 is 5.43 Å². The lowest BCUT2D eigenvalue weighted by molar-refractivity contribution is -0.106. The van der Waals surface area contributed by atoms with Crippen molar-refractivity contribution in [2.45, 2.75) is 0 Å². The summed E-state index contributed by atoms with van der Waals surface area (Å²) in [6, 6.07) is 6.73. The van der Waals surface area contributed by atoms with E-state index in [1.807, 2.05) is 0 Å². The molecule has 0 bridgehead atoms. The van der Waals surface area contributed by atoms with Crippen LogP contribution in [0.2, 0.25) is 5.02 Å². The van der Waals surface area contributed by atoms with Crippen LogP contribution in [0.25, 0.3) is 0 Å². The predicted molar refractivity (Wildman–Crippen MR) is 59.2 cm³/mol. The fourth-order valence-corrected chi connectivity index (χ4v) is 0.893. The fourth-order valence-electron chi connectivity index (χ4n) is 0.682. The Kier molecular flexibility index (Phi) is 4.20. The van der Waals surface area contributed by atoms with Gasteiger partial charge in [-0.3, -0.25) is 10.2 Å². The van der Waals surface area contributed by atoms with E-state index in [4.69, 9.17) is 34.8 Å². The van der Waals surface area contributed by atoms with Gasteiger partial charge in [-0.15, -0.1) is 0 Å². The van der Waals surface area contributed by atoms with E-state index in [1.165, 1.54) is 0 Å². The van der Waals surface area contributed by atoms with Crippen molar-refractivity contribution in [1.82, 2.24) is 0 Å². The van der Waals surface area contributed by atoms with Crippen molar-refractivity contribution in [3.05, 3.63) is 29.3 Å². The maximum atomic E-state index is 10.5. The number of carbonyl (C=O) groups is 1. The molecule has 0 radical (unpaired) electrons. The SMILES string of the molecule is O=C(Cl)/C(Cl)=N\Nc1ccc(Cl)cc1. The van der Waals surface area contributed by atoms with E-state index in [2.05, 4.69) is 10.5 Å². The minimum absolute atomic E-state index is 0.318. The van der Waals surface area contributed by atoms with Crippen molar-refractivity contribution in [2.75, 3.05) is 5.43 Å². The quantitative estimate of drug-likeness (QED) is 0.509. The van der Waals surface area contributed by atoms with Crippen molar-refractivity contribution in [3.63, 3.8) is 0 Å².